The lowest BCUT2D eigenvalue weighted by molar-refractivity contribution is 0.162. The highest BCUT2D eigenvalue weighted by atomic mass is 35.5. The monoisotopic (exact) mass is 297 g/mol. The lowest BCUT2D eigenvalue weighted by Gasteiger charge is -2.33. The van der Waals surface area contributed by atoms with Crippen LogP contribution in [0.3, 0.4) is 0 Å². The van der Waals surface area contributed by atoms with Crippen molar-refractivity contribution in [3.05, 3.63) is 22.7 Å². The normalized spacial score (nSPS) is 23.1. The average Bonchev–Trinajstić information content (AvgIpc) is 2.43. The van der Waals surface area contributed by atoms with Gasteiger partial charge < -0.3 is 9.84 Å². The van der Waals surface area contributed by atoms with Gasteiger partial charge in [-0.2, -0.15) is 0 Å². The summed E-state index contributed by atoms with van der Waals surface area (Å²) in [7, 11) is 3.66. The van der Waals surface area contributed by atoms with Crippen molar-refractivity contribution in [2.45, 2.75) is 45.2 Å². The average molecular weight is 298 g/mol. The fraction of sp³-hybridized carbons (Fsp3) is 0.625. The zero-order valence-electron chi connectivity index (χ0n) is 12.5. The number of phenols is 1. The molecule has 0 unspecified atom stereocenters. The highest BCUT2D eigenvalue weighted by Gasteiger charge is 2.22. The van der Waals surface area contributed by atoms with Crippen molar-refractivity contribution >= 4 is 11.6 Å². The fourth-order valence-electron chi connectivity index (χ4n) is 2.99. The summed E-state index contributed by atoms with van der Waals surface area (Å²) in [6.45, 7) is 3.02. The van der Waals surface area contributed by atoms with E-state index in [1.54, 1.807) is 13.2 Å². The van der Waals surface area contributed by atoms with Gasteiger partial charge >= 0.3 is 0 Å². The van der Waals surface area contributed by atoms with Gasteiger partial charge in [0.25, 0.3) is 0 Å². The molecule has 1 fully saturated rings. The molecule has 0 atom stereocenters. The first-order chi connectivity index (χ1) is 9.51. The lowest BCUT2D eigenvalue weighted by Crippen LogP contribution is -2.34. The Morgan fingerprint density at radius 1 is 1.30 bits per heavy atom. The molecule has 0 radical (unpaired) electrons. The number of hydrogen-bond donors (Lipinski definition) is 1. The molecule has 0 heterocycles. The molecule has 2 rings (SSSR count). The van der Waals surface area contributed by atoms with Crippen molar-refractivity contribution in [3.8, 4) is 11.5 Å². The van der Waals surface area contributed by atoms with Crippen molar-refractivity contribution in [3.63, 3.8) is 0 Å². The number of nitrogens with zero attached hydrogens (tertiary/aromatic N) is 1. The highest BCUT2D eigenvalue weighted by Crippen LogP contribution is 2.35. The molecular formula is C16H24ClNO2. The second kappa shape index (κ2) is 6.68. The van der Waals surface area contributed by atoms with E-state index < -0.39 is 0 Å². The van der Waals surface area contributed by atoms with Crippen LogP contribution < -0.4 is 4.74 Å². The zero-order valence-corrected chi connectivity index (χ0v) is 13.3. The third-order valence-corrected chi connectivity index (χ3v) is 4.59. The van der Waals surface area contributed by atoms with Gasteiger partial charge in [0.05, 0.1) is 7.11 Å². The largest absolute Gasteiger partial charge is 0.504 e. The van der Waals surface area contributed by atoms with E-state index in [1.807, 2.05) is 6.07 Å². The minimum Gasteiger partial charge on any atom is -0.504 e. The molecule has 0 saturated heterocycles. The predicted molar refractivity (Wildman–Crippen MR) is 82.6 cm³/mol. The van der Waals surface area contributed by atoms with Gasteiger partial charge in [0.2, 0.25) is 0 Å². The number of rotatable bonds is 4. The number of halogens is 1. The minimum atomic E-state index is 0.202. The lowest BCUT2D eigenvalue weighted by atomic mass is 9.86. The van der Waals surface area contributed by atoms with Crippen LogP contribution >= 0.6 is 11.6 Å². The van der Waals surface area contributed by atoms with E-state index >= 15 is 0 Å². The second-order valence-electron chi connectivity index (χ2n) is 5.94. The van der Waals surface area contributed by atoms with Crippen LogP contribution in [0.4, 0.5) is 0 Å². The van der Waals surface area contributed by atoms with Gasteiger partial charge in [-0.25, -0.2) is 0 Å². The predicted octanol–water partition coefficient (Wildman–Crippen LogP) is 4.06. The Kier molecular flexibility index (Phi) is 5.17. The molecule has 20 heavy (non-hydrogen) atoms. The molecule has 0 spiro atoms. The van der Waals surface area contributed by atoms with Crippen LogP contribution in [0.5, 0.6) is 11.5 Å². The van der Waals surface area contributed by atoms with Crippen molar-refractivity contribution in [2.24, 2.45) is 5.92 Å². The molecule has 112 valence electrons. The maximum Gasteiger partial charge on any atom is 0.162 e. The van der Waals surface area contributed by atoms with Crippen LogP contribution in [0.25, 0.3) is 0 Å². The van der Waals surface area contributed by atoms with Crippen LogP contribution in [-0.4, -0.2) is 30.2 Å². The SMILES string of the molecule is COc1cc(Cl)cc(CN(C)C2CCC(C)CC2)c1O. The Hall–Kier alpha value is -0.930. The second-order valence-corrected chi connectivity index (χ2v) is 6.38. The van der Waals surface area contributed by atoms with Gasteiger partial charge in [-0.1, -0.05) is 18.5 Å². The van der Waals surface area contributed by atoms with Crippen LogP contribution in [0.1, 0.15) is 38.2 Å². The Bertz CT molecular complexity index is 456. The summed E-state index contributed by atoms with van der Waals surface area (Å²) in [5.74, 6) is 1.49. The van der Waals surface area contributed by atoms with Gasteiger partial charge in [-0.15, -0.1) is 0 Å². The third kappa shape index (κ3) is 3.58. The van der Waals surface area contributed by atoms with E-state index in [2.05, 4.69) is 18.9 Å². The number of aromatic hydroxyl groups is 1. The molecule has 1 saturated carbocycles. The van der Waals surface area contributed by atoms with E-state index in [0.29, 0.717) is 23.4 Å². The number of benzene rings is 1. The molecule has 1 aromatic carbocycles. The minimum absolute atomic E-state index is 0.202. The first kappa shape index (κ1) is 15.5. The van der Waals surface area contributed by atoms with Crippen LogP contribution in [0.15, 0.2) is 12.1 Å². The standard InChI is InChI=1S/C16H24ClNO2/c1-11-4-6-14(7-5-11)18(2)10-12-8-13(17)9-15(20-3)16(12)19/h8-9,11,14,19H,4-7,10H2,1-3H3. The number of ether oxygens (including phenoxy) is 1. The maximum atomic E-state index is 10.2. The zero-order chi connectivity index (χ0) is 14.7. The Morgan fingerprint density at radius 2 is 1.95 bits per heavy atom. The highest BCUT2D eigenvalue weighted by molar-refractivity contribution is 6.30. The van der Waals surface area contributed by atoms with Crippen molar-refractivity contribution < 1.29 is 9.84 Å². The molecule has 3 nitrogen and oxygen atoms in total. The molecule has 0 aliphatic heterocycles. The number of phenolic OH excluding ortho intramolecular Hbond substituents is 1. The van der Waals surface area contributed by atoms with E-state index in [1.165, 1.54) is 25.7 Å². The van der Waals surface area contributed by atoms with Gasteiger partial charge in [0.1, 0.15) is 0 Å². The summed E-state index contributed by atoms with van der Waals surface area (Å²) in [5.41, 5.74) is 0.829. The summed E-state index contributed by atoms with van der Waals surface area (Å²) in [4.78, 5) is 2.32. The first-order valence-electron chi connectivity index (χ1n) is 7.27. The molecular weight excluding hydrogens is 274 g/mol. The molecule has 0 bridgehead atoms. The molecule has 1 N–H and O–H groups in total. The first-order valence-corrected chi connectivity index (χ1v) is 7.64. The van der Waals surface area contributed by atoms with Crippen LogP contribution in [0, 0.1) is 5.92 Å². The van der Waals surface area contributed by atoms with Crippen molar-refractivity contribution in [1.82, 2.24) is 4.90 Å². The molecule has 4 heteroatoms. The maximum absolute atomic E-state index is 10.2. The molecule has 0 aromatic heterocycles. The Morgan fingerprint density at radius 3 is 2.55 bits per heavy atom. The summed E-state index contributed by atoms with van der Waals surface area (Å²) in [6, 6.07) is 4.06. The van der Waals surface area contributed by atoms with Crippen molar-refractivity contribution in [2.75, 3.05) is 14.2 Å². The topological polar surface area (TPSA) is 32.7 Å². The Labute approximate surface area is 126 Å². The molecule has 1 aliphatic rings. The van der Waals surface area contributed by atoms with E-state index in [0.717, 1.165) is 11.5 Å². The smallest absolute Gasteiger partial charge is 0.162 e. The number of methoxy groups -OCH3 is 1. The van der Waals surface area contributed by atoms with Gasteiger partial charge in [-0.3, -0.25) is 4.90 Å². The molecule has 1 aromatic rings. The third-order valence-electron chi connectivity index (χ3n) is 4.37. The molecule has 0 amide bonds. The summed E-state index contributed by atoms with van der Waals surface area (Å²) in [5, 5.41) is 10.8. The summed E-state index contributed by atoms with van der Waals surface area (Å²) < 4.78 is 5.15. The van der Waals surface area contributed by atoms with Gasteiger partial charge in [-0.05, 0) is 44.7 Å². The van der Waals surface area contributed by atoms with Crippen LogP contribution in [0.2, 0.25) is 5.02 Å². The molecule has 1 aliphatic carbocycles. The summed E-state index contributed by atoms with van der Waals surface area (Å²) >= 11 is 6.08. The quantitative estimate of drug-likeness (QED) is 0.909. The van der Waals surface area contributed by atoms with E-state index in [4.69, 9.17) is 16.3 Å². The fourth-order valence-corrected chi connectivity index (χ4v) is 3.22. The van der Waals surface area contributed by atoms with E-state index in [9.17, 15) is 5.11 Å². The van der Waals surface area contributed by atoms with Gasteiger partial charge in [0, 0.05) is 29.2 Å². The number of hydrogen-bond acceptors (Lipinski definition) is 3. The van der Waals surface area contributed by atoms with Gasteiger partial charge in [0.15, 0.2) is 11.5 Å². The van der Waals surface area contributed by atoms with E-state index in [-0.39, 0.29) is 5.75 Å². The summed E-state index contributed by atoms with van der Waals surface area (Å²) in [6.07, 6.45) is 5.05. The Balaban J connectivity index is 2.07. The van der Waals surface area contributed by atoms with Crippen molar-refractivity contribution in [1.29, 1.82) is 0 Å². The van der Waals surface area contributed by atoms with Crippen LogP contribution in [-0.2, 0) is 6.54 Å².